The lowest BCUT2D eigenvalue weighted by Gasteiger charge is -2.23. The molecular formula is C20H19N3O3. The Morgan fingerprint density at radius 1 is 1.23 bits per heavy atom. The Balaban J connectivity index is 1.40. The molecule has 2 aromatic carbocycles. The molecule has 1 aromatic heterocycles. The fourth-order valence-corrected chi connectivity index (χ4v) is 3.36. The van der Waals surface area contributed by atoms with E-state index < -0.39 is 12.1 Å². The molecule has 0 aliphatic carbocycles. The van der Waals surface area contributed by atoms with Crippen LogP contribution in [0.25, 0.3) is 11.0 Å². The monoisotopic (exact) mass is 349 g/mol. The smallest absolute Gasteiger partial charge is 0.339 e. The molecule has 26 heavy (non-hydrogen) atoms. The first-order valence-electron chi connectivity index (χ1n) is 8.62. The molecule has 0 spiro atoms. The van der Waals surface area contributed by atoms with Crippen molar-refractivity contribution in [3.05, 3.63) is 65.5 Å². The number of nitrogens with zero attached hydrogens (tertiary/aromatic N) is 2. The number of hydrogen-bond donors (Lipinski definition) is 1. The number of carbonyl (C=O) groups excluding carboxylic acids is 2. The molecule has 0 saturated carbocycles. The van der Waals surface area contributed by atoms with Crippen LogP contribution in [-0.2, 0) is 22.5 Å². The zero-order chi connectivity index (χ0) is 18.1. The largest absolute Gasteiger partial charge is 0.448 e. The SMILES string of the molecule is Cc1nc2ccccc2n1CCNC(=O)C1Cc2ccccc2C(=O)O1. The van der Waals surface area contributed by atoms with E-state index in [1.807, 2.05) is 43.3 Å². The number of amides is 1. The molecule has 0 saturated heterocycles. The van der Waals surface area contributed by atoms with E-state index in [-0.39, 0.29) is 5.91 Å². The van der Waals surface area contributed by atoms with Crippen molar-refractivity contribution in [3.8, 4) is 0 Å². The molecule has 1 N–H and O–H groups in total. The molecule has 1 aliphatic rings. The van der Waals surface area contributed by atoms with Crippen LogP contribution in [-0.4, -0.2) is 34.1 Å². The number of nitrogens with one attached hydrogen (secondary N) is 1. The molecule has 1 atom stereocenters. The molecule has 1 aliphatic heterocycles. The van der Waals surface area contributed by atoms with Gasteiger partial charge in [-0.05, 0) is 30.7 Å². The first kappa shape index (κ1) is 16.3. The van der Waals surface area contributed by atoms with Gasteiger partial charge in [-0.15, -0.1) is 0 Å². The fourth-order valence-electron chi connectivity index (χ4n) is 3.36. The van der Waals surface area contributed by atoms with E-state index in [1.54, 1.807) is 12.1 Å². The maximum atomic E-state index is 12.4. The van der Waals surface area contributed by atoms with Crippen LogP contribution < -0.4 is 5.32 Å². The molecular weight excluding hydrogens is 330 g/mol. The van der Waals surface area contributed by atoms with Crippen molar-refractivity contribution in [1.29, 1.82) is 0 Å². The molecule has 4 rings (SSSR count). The lowest BCUT2D eigenvalue weighted by molar-refractivity contribution is -0.130. The van der Waals surface area contributed by atoms with Gasteiger partial charge in [-0.25, -0.2) is 9.78 Å². The van der Waals surface area contributed by atoms with Gasteiger partial charge in [0.15, 0.2) is 6.10 Å². The van der Waals surface area contributed by atoms with Crippen LogP contribution in [0.1, 0.15) is 21.7 Å². The fraction of sp³-hybridized carbons (Fsp3) is 0.250. The first-order chi connectivity index (χ1) is 12.6. The van der Waals surface area contributed by atoms with Crippen LogP contribution in [0, 0.1) is 6.92 Å². The highest BCUT2D eigenvalue weighted by atomic mass is 16.5. The van der Waals surface area contributed by atoms with Gasteiger partial charge in [0.1, 0.15) is 5.82 Å². The van der Waals surface area contributed by atoms with Gasteiger partial charge in [0.2, 0.25) is 0 Å². The molecule has 6 nitrogen and oxygen atoms in total. The van der Waals surface area contributed by atoms with E-state index in [2.05, 4.69) is 14.9 Å². The lowest BCUT2D eigenvalue weighted by atomic mass is 9.98. The number of aromatic nitrogens is 2. The number of aryl methyl sites for hydroxylation is 1. The Kier molecular flexibility index (Phi) is 4.16. The third-order valence-corrected chi connectivity index (χ3v) is 4.66. The Labute approximate surface area is 150 Å². The molecule has 3 aromatic rings. The topological polar surface area (TPSA) is 73.2 Å². The quantitative estimate of drug-likeness (QED) is 0.733. The maximum Gasteiger partial charge on any atom is 0.339 e. The summed E-state index contributed by atoms with van der Waals surface area (Å²) in [5.74, 6) is 0.192. The Morgan fingerprint density at radius 2 is 2.00 bits per heavy atom. The summed E-state index contributed by atoms with van der Waals surface area (Å²) in [6, 6.07) is 15.1. The maximum absolute atomic E-state index is 12.4. The zero-order valence-electron chi connectivity index (χ0n) is 14.4. The summed E-state index contributed by atoms with van der Waals surface area (Å²) in [5.41, 5.74) is 3.36. The Bertz CT molecular complexity index is 993. The highest BCUT2D eigenvalue weighted by molar-refractivity contribution is 5.95. The van der Waals surface area contributed by atoms with Gasteiger partial charge in [-0.3, -0.25) is 4.79 Å². The summed E-state index contributed by atoms with van der Waals surface area (Å²) >= 11 is 0. The van der Waals surface area contributed by atoms with E-state index in [0.717, 1.165) is 22.4 Å². The first-order valence-corrected chi connectivity index (χ1v) is 8.62. The summed E-state index contributed by atoms with van der Waals surface area (Å²) < 4.78 is 7.35. The van der Waals surface area contributed by atoms with E-state index >= 15 is 0 Å². The predicted octanol–water partition coefficient (Wildman–Crippen LogP) is 2.24. The minimum Gasteiger partial charge on any atom is -0.448 e. The average molecular weight is 349 g/mol. The number of benzene rings is 2. The normalized spacial score (nSPS) is 16.2. The number of cyclic esters (lactones) is 1. The Hall–Kier alpha value is -3.15. The van der Waals surface area contributed by atoms with Crippen molar-refractivity contribution in [2.24, 2.45) is 0 Å². The lowest BCUT2D eigenvalue weighted by Crippen LogP contribution is -2.42. The molecule has 0 bridgehead atoms. The molecule has 0 fully saturated rings. The van der Waals surface area contributed by atoms with Gasteiger partial charge in [0.25, 0.3) is 5.91 Å². The van der Waals surface area contributed by atoms with Crippen molar-refractivity contribution in [2.45, 2.75) is 26.0 Å². The second-order valence-electron chi connectivity index (χ2n) is 6.35. The molecule has 1 unspecified atom stereocenters. The number of esters is 1. The van der Waals surface area contributed by atoms with Gasteiger partial charge in [0, 0.05) is 19.5 Å². The van der Waals surface area contributed by atoms with Gasteiger partial charge >= 0.3 is 5.97 Å². The van der Waals surface area contributed by atoms with Gasteiger partial charge in [-0.2, -0.15) is 0 Å². The van der Waals surface area contributed by atoms with Crippen molar-refractivity contribution >= 4 is 22.9 Å². The minimum absolute atomic E-state index is 0.269. The Morgan fingerprint density at radius 3 is 2.88 bits per heavy atom. The number of carbonyl (C=O) groups is 2. The molecule has 1 amide bonds. The molecule has 132 valence electrons. The highest BCUT2D eigenvalue weighted by Gasteiger charge is 2.30. The molecule has 0 radical (unpaired) electrons. The van der Waals surface area contributed by atoms with E-state index in [0.29, 0.717) is 25.1 Å². The number of rotatable bonds is 4. The number of hydrogen-bond acceptors (Lipinski definition) is 4. The summed E-state index contributed by atoms with van der Waals surface area (Å²) in [6.45, 7) is 2.99. The summed E-state index contributed by atoms with van der Waals surface area (Å²) in [4.78, 5) is 29.0. The predicted molar refractivity (Wildman–Crippen MR) is 96.8 cm³/mol. The second kappa shape index (κ2) is 6.63. The van der Waals surface area contributed by atoms with E-state index in [9.17, 15) is 9.59 Å². The number of para-hydroxylation sites is 2. The van der Waals surface area contributed by atoms with Crippen LogP contribution in [0.4, 0.5) is 0 Å². The summed E-state index contributed by atoms with van der Waals surface area (Å²) in [7, 11) is 0. The zero-order valence-corrected chi connectivity index (χ0v) is 14.4. The van der Waals surface area contributed by atoms with Crippen LogP contribution >= 0.6 is 0 Å². The van der Waals surface area contributed by atoms with Crippen LogP contribution in [0.5, 0.6) is 0 Å². The van der Waals surface area contributed by atoms with Crippen LogP contribution in [0.3, 0.4) is 0 Å². The third kappa shape index (κ3) is 2.94. The minimum atomic E-state index is -0.780. The standard InChI is InChI=1S/C20H19N3O3/c1-13-22-16-8-4-5-9-17(16)23(13)11-10-21-19(24)18-12-14-6-2-3-7-15(14)20(25)26-18/h2-9,18H,10-12H2,1H3,(H,21,24). The van der Waals surface area contributed by atoms with Crippen molar-refractivity contribution in [1.82, 2.24) is 14.9 Å². The number of fused-ring (bicyclic) bond motifs is 2. The van der Waals surface area contributed by atoms with Crippen LogP contribution in [0.15, 0.2) is 48.5 Å². The van der Waals surface area contributed by atoms with Gasteiger partial charge < -0.3 is 14.6 Å². The highest BCUT2D eigenvalue weighted by Crippen LogP contribution is 2.20. The third-order valence-electron chi connectivity index (χ3n) is 4.66. The van der Waals surface area contributed by atoms with Crippen molar-refractivity contribution in [2.75, 3.05) is 6.54 Å². The summed E-state index contributed by atoms with van der Waals surface area (Å²) in [6.07, 6.45) is -0.376. The van der Waals surface area contributed by atoms with Crippen molar-refractivity contribution in [3.63, 3.8) is 0 Å². The number of ether oxygens (including phenoxy) is 1. The summed E-state index contributed by atoms with van der Waals surface area (Å²) in [5, 5.41) is 2.87. The van der Waals surface area contributed by atoms with E-state index in [1.165, 1.54) is 0 Å². The average Bonchev–Trinajstić information content (AvgIpc) is 2.97. The van der Waals surface area contributed by atoms with Crippen molar-refractivity contribution < 1.29 is 14.3 Å². The second-order valence-corrected chi connectivity index (χ2v) is 6.35. The molecule has 6 heteroatoms. The van der Waals surface area contributed by atoms with Gasteiger partial charge in [0.05, 0.1) is 16.6 Å². The number of imidazole rings is 1. The molecule has 2 heterocycles. The van der Waals surface area contributed by atoms with Crippen LogP contribution in [0.2, 0.25) is 0 Å². The van der Waals surface area contributed by atoms with E-state index in [4.69, 9.17) is 4.74 Å². The van der Waals surface area contributed by atoms with Gasteiger partial charge in [-0.1, -0.05) is 30.3 Å².